The van der Waals surface area contributed by atoms with Gasteiger partial charge in [0.1, 0.15) is 12.4 Å². The number of carbonyl (C=O) groups excluding carboxylic acids is 1. The summed E-state index contributed by atoms with van der Waals surface area (Å²) >= 11 is 6.03. The van der Waals surface area contributed by atoms with E-state index in [4.69, 9.17) is 21.1 Å². The highest BCUT2D eigenvalue weighted by molar-refractivity contribution is 6.31. The minimum Gasteiger partial charge on any atom is -0.496 e. The third-order valence-corrected chi connectivity index (χ3v) is 2.55. The van der Waals surface area contributed by atoms with Crippen molar-refractivity contribution < 1.29 is 14.3 Å². The fourth-order valence-corrected chi connectivity index (χ4v) is 1.57. The standard InChI is InChI=1S/C12H16ClNO3/c1-3-17-8-12(15)14-7-9-10(13)5-4-6-11(9)16-2/h4-6H,3,7-8H2,1-2H3,(H,14,15). The third kappa shape index (κ3) is 4.24. The Bertz CT molecular complexity index is 382. The van der Waals surface area contributed by atoms with Gasteiger partial charge in [-0.2, -0.15) is 0 Å². The largest absolute Gasteiger partial charge is 0.496 e. The number of halogens is 1. The summed E-state index contributed by atoms with van der Waals surface area (Å²) in [4.78, 5) is 11.4. The van der Waals surface area contributed by atoms with Crippen LogP contribution < -0.4 is 10.1 Å². The summed E-state index contributed by atoms with van der Waals surface area (Å²) in [7, 11) is 1.57. The maximum Gasteiger partial charge on any atom is 0.246 e. The van der Waals surface area contributed by atoms with E-state index in [1.807, 2.05) is 6.92 Å². The van der Waals surface area contributed by atoms with Crippen molar-refractivity contribution in [3.8, 4) is 5.75 Å². The first-order valence-corrected chi connectivity index (χ1v) is 5.72. The Kier molecular flexibility index (Phi) is 5.80. The van der Waals surface area contributed by atoms with Gasteiger partial charge in [-0.1, -0.05) is 17.7 Å². The minimum atomic E-state index is -0.172. The first-order valence-electron chi connectivity index (χ1n) is 5.34. The highest BCUT2D eigenvalue weighted by Crippen LogP contribution is 2.25. The van der Waals surface area contributed by atoms with Crippen molar-refractivity contribution >= 4 is 17.5 Å². The average molecular weight is 258 g/mol. The molecule has 0 fully saturated rings. The lowest BCUT2D eigenvalue weighted by Crippen LogP contribution is -2.27. The summed E-state index contributed by atoms with van der Waals surface area (Å²) in [6.07, 6.45) is 0. The Hall–Kier alpha value is -1.26. The third-order valence-electron chi connectivity index (χ3n) is 2.20. The zero-order valence-electron chi connectivity index (χ0n) is 9.96. The summed E-state index contributed by atoms with van der Waals surface area (Å²) in [6.45, 7) is 2.74. The molecule has 17 heavy (non-hydrogen) atoms. The molecule has 1 N–H and O–H groups in total. The van der Waals surface area contributed by atoms with Gasteiger partial charge in [0.25, 0.3) is 0 Å². The molecular formula is C12H16ClNO3. The number of amides is 1. The Balaban J connectivity index is 2.59. The highest BCUT2D eigenvalue weighted by atomic mass is 35.5. The van der Waals surface area contributed by atoms with Gasteiger partial charge in [-0.25, -0.2) is 0 Å². The lowest BCUT2D eigenvalue weighted by atomic mass is 10.2. The van der Waals surface area contributed by atoms with E-state index in [1.54, 1.807) is 25.3 Å². The molecule has 0 unspecified atom stereocenters. The molecule has 4 nitrogen and oxygen atoms in total. The molecule has 0 saturated heterocycles. The maximum absolute atomic E-state index is 11.4. The first kappa shape index (κ1) is 13.8. The normalized spacial score (nSPS) is 10.1. The van der Waals surface area contributed by atoms with Gasteiger partial charge in [0.2, 0.25) is 5.91 Å². The van der Waals surface area contributed by atoms with E-state index in [0.717, 1.165) is 5.56 Å². The molecule has 0 aliphatic heterocycles. The monoisotopic (exact) mass is 257 g/mol. The summed E-state index contributed by atoms with van der Waals surface area (Å²) < 4.78 is 10.2. The molecule has 1 aromatic rings. The Labute approximate surface area is 106 Å². The summed E-state index contributed by atoms with van der Waals surface area (Å²) in [6, 6.07) is 5.36. The molecule has 0 atom stereocenters. The predicted molar refractivity (Wildman–Crippen MR) is 66.3 cm³/mol. The fourth-order valence-electron chi connectivity index (χ4n) is 1.33. The number of methoxy groups -OCH3 is 1. The molecule has 1 rings (SSSR count). The van der Waals surface area contributed by atoms with Gasteiger partial charge in [-0.15, -0.1) is 0 Å². The number of benzene rings is 1. The van der Waals surface area contributed by atoms with Crippen molar-refractivity contribution in [3.63, 3.8) is 0 Å². The SMILES string of the molecule is CCOCC(=O)NCc1c(Cl)cccc1OC. The molecular weight excluding hydrogens is 242 g/mol. The molecule has 1 amide bonds. The average Bonchev–Trinajstić information content (AvgIpc) is 2.34. The molecule has 0 spiro atoms. The fraction of sp³-hybridized carbons (Fsp3) is 0.417. The van der Waals surface area contributed by atoms with Gasteiger partial charge in [0, 0.05) is 23.7 Å². The highest BCUT2D eigenvalue weighted by Gasteiger charge is 2.09. The number of ether oxygens (including phenoxy) is 2. The molecule has 0 bridgehead atoms. The van der Waals surface area contributed by atoms with E-state index >= 15 is 0 Å². The van der Waals surface area contributed by atoms with E-state index in [-0.39, 0.29) is 12.5 Å². The van der Waals surface area contributed by atoms with Gasteiger partial charge in [0.05, 0.1) is 7.11 Å². The minimum absolute atomic E-state index is 0.0588. The van der Waals surface area contributed by atoms with Gasteiger partial charge in [-0.05, 0) is 19.1 Å². The van der Waals surface area contributed by atoms with Gasteiger partial charge in [0.15, 0.2) is 0 Å². The van der Waals surface area contributed by atoms with E-state index in [9.17, 15) is 4.79 Å². The molecule has 1 aromatic carbocycles. The van der Waals surface area contributed by atoms with Gasteiger partial charge < -0.3 is 14.8 Å². The predicted octanol–water partition coefficient (Wildman–Crippen LogP) is 2.00. The van der Waals surface area contributed by atoms with Crippen LogP contribution in [0.5, 0.6) is 5.75 Å². The Morgan fingerprint density at radius 3 is 2.88 bits per heavy atom. The van der Waals surface area contributed by atoms with E-state index < -0.39 is 0 Å². The van der Waals surface area contributed by atoms with Crippen LogP contribution in [-0.2, 0) is 16.1 Å². The second-order valence-corrected chi connectivity index (χ2v) is 3.74. The molecule has 0 aliphatic rings. The van der Waals surface area contributed by atoms with Crippen LogP contribution in [0.4, 0.5) is 0 Å². The molecule has 94 valence electrons. The zero-order valence-corrected chi connectivity index (χ0v) is 10.7. The summed E-state index contributed by atoms with van der Waals surface area (Å²) in [5.74, 6) is 0.489. The van der Waals surface area contributed by atoms with Crippen molar-refractivity contribution in [3.05, 3.63) is 28.8 Å². The number of hydrogen-bond acceptors (Lipinski definition) is 3. The van der Waals surface area contributed by atoms with Crippen molar-refractivity contribution in [2.75, 3.05) is 20.3 Å². The molecule has 0 radical (unpaired) electrons. The lowest BCUT2D eigenvalue weighted by Gasteiger charge is -2.11. The molecule has 5 heteroatoms. The number of hydrogen-bond donors (Lipinski definition) is 1. The van der Waals surface area contributed by atoms with E-state index in [0.29, 0.717) is 23.9 Å². The summed E-state index contributed by atoms with van der Waals surface area (Å²) in [5, 5.41) is 3.29. The lowest BCUT2D eigenvalue weighted by molar-refractivity contribution is -0.125. The maximum atomic E-state index is 11.4. The second kappa shape index (κ2) is 7.14. The molecule has 0 aromatic heterocycles. The van der Waals surface area contributed by atoms with Crippen LogP contribution in [0.3, 0.4) is 0 Å². The molecule has 0 aliphatic carbocycles. The van der Waals surface area contributed by atoms with Crippen molar-refractivity contribution in [2.24, 2.45) is 0 Å². The van der Waals surface area contributed by atoms with E-state index in [2.05, 4.69) is 5.32 Å². The van der Waals surface area contributed by atoms with E-state index in [1.165, 1.54) is 0 Å². The number of rotatable bonds is 6. The van der Waals surface area contributed by atoms with Crippen LogP contribution in [0.2, 0.25) is 5.02 Å². The smallest absolute Gasteiger partial charge is 0.246 e. The summed E-state index contributed by atoms with van der Waals surface area (Å²) in [5.41, 5.74) is 0.765. The van der Waals surface area contributed by atoms with Crippen molar-refractivity contribution in [1.29, 1.82) is 0 Å². The van der Waals surface area contributed by atoms with Gasteiger partial charge >= 0.3 is 0 Å². The Morgan fingerprint density at radius 1 is 1.47 bits per heavy atom. The topological polar surface area (TPSA) is 47.6 Å². The second-order valence-electron chi connectivity index (χ2n) is 3.33. The van der Waals surface area contributed by atoms with Crippen LogP contribution in [0, 0.1) is 0 Å². The molecule has 0 heterocycles. The van der Waals surface area contributed by atoms with Crippen LogP contribution in [0.15, 0.2) is 18.2 Å². The van der Waals surface area contributed by atoms with Crippen molar-refractivity contribution in [2.45, 2.75) is 13.5 Å². The number of nitrogens with one attached hydrogen (secondary N) is 1. The number of carbonyl (C=O) groups is 1. The van der Waals surface area contributed by atoms with Crippen LogP contribution in [0.25, 0.3) is 0 Å². The molecule has 0 saturated carbocycles. The quantitative estimate of drug-likeness (QED) is 0.848. The van der Waals surface area contributed by atoms with Gasteiger partial charge in [-0.3, -0.25) is 4.79 Å². The van der Waals surface area contributed by atoms with Crippen molar-refractivity contribution in [1.82, 2.24) is 5.32 Å². The van der Waals surface area contributed by atoms with Crippen LogP contribution in [0.1, 0.15) is 12.5 Å². The first-order chi connectivity index (χ1) is 8.19. The zero-order chi connectivity index (χ0) is 12.7. The Morgan fingerprint density at radius 2 is 2.24 bits per heavy atom. The van der Waals surface area contributed by atoms with Crippen LogP contribution >= 0.6 is 11.6 Å². The van der Waals surface area contributed by atoms with Crippen LogP contribution in [-0.4, -0.2) is 26.2 Å².